The molecule has 0 N–H and O–H groups in total. The van der Waals surface area contributed by atoms with Crippen molar-refractivity contribution in [3.63, 3.8) is 0 Å². The summed E-state index contributed by atoms with van der Waals surface area (Å²) in [7, 11) is 0. The molecule has 2 aliphatic rings. The fourth-order valence-corrected chi connectivity index (χ4v) is 6.09. The molecule has 0 aliphatic carbocycles. The number of amides is 2. The predicted molar refractivity (Wildman–Crippen MR) is 146 cm³/mol. The topological polar surface area (TPSA) is 66.0 Å². The van der Waals surface area contributed by atoms with E-state index in [-0.39, 0.29) is 43.0 Å². The number of carbonyl (C=O) groups excluding carboxylic acids is 2. The summed E-state index contributed by atoms with van der Waals surface area (Å²) in [5, 5.41) is 0.651. The Kier molecular flexibility index (Phi) is 8.95. The van der Waals surface area contributed by atoms with Crippen molar-refractivity contribution in [2.45, 2.75) is 12.8 Å². The summed E-state index contributed by atoms with van der Waals surface area (Å²) in [6, 6.07) is 11.7. The van der Waals surface area contributed by atoms with E-state index in [2.05, 4.69) is 20.8 Å². The molecule has 1 atom stereocenters. The molecule has 1 unspecified atom stereocenters. The second-order valence-electron chi connectivity index (χ2n) is 8.79. The van der Waals surface area contributed by atoms with Crippen LogP contribution in [0, 0.1) is 11.7 Å². The zero-order valence-electron chi connectivity index (χ0n) is 19.6. The number of aromatic nitrogens is 1. The van der Waals surface area contributed by atoms with Gasteiger partial charge in [-0.05, 0) is 48.9 Å². The average Bonchev–Trinajstić information content (AvgIpc) is 3.45. The van der Waals surface area contributed by atoms with Gasteiger partial charge in [0.2, 0.25) is 11.8 Å². The van der Waals surface area contributed by atoms with Crippen LogP contribution in [0.1, 0.15) is 12.8 Å². The number of fused-ring (bicyclic) bond motifs is 1. The molecule has 3 heterocycles. The third kappa shape index (κ3) is 6.06. The standard InChI is InChI=1S/C25H26BrFN4O3S.ClH/c26-18-2-7-21-22(15-18)35-25(28-21)30(9-1-8-29-10-12-34-13-11-29)24(33)17-14-23(32)31(16-17)20-5-3-19(27)4-6-20;/h2-7,15,17H,1,8-14,16H2;1H. The second kappa shape index (κ2) is 12.0. The number of benzene rings is 2. The molecule has 0 spiro atoms. The van der Waals surface area contributed by atoms with Gasteiger partial charge in [0.15, 0.2) is 5.13 Å². The summed E-state index contributed by atoms with van der Waals surface area (Å²) in [5.41, 5.74) is 1.45. The second-order valence-corrected chi connectivity index (χ2v) is 10.7. The van der Waals surface area contributed by atoms with Crippen LogP contribution < -0.4 is 9.80 Å². The first-order valence-electron chi connectivity index (χ1n) is 11.7. The van der Waals surface area contributed by atoms with Crippen molar-refractivity contribution in [2.75, 3.05) is 55.7 Å². The van der Waals surface area contributed by atoms with Gasteiger partial charge < -0.3 is 9.64 Å². The molecule has 3 aromatic rings. The number of hydrogen-bond acceptors (Lipinski definition) is 6. The Bertz CT molecular complexity index is 1220. The maximum atomic E-state index is 13.8. The smallest absolute Gasteiger partial charge is 0.234 e. The first kappa shape index (κ1) is 26.9. The lowest BCUT2D eigenvalue weighted by molar-refractivity contribution is -0.124. The van der Waals surface area contributed by atoms with E-state index in [1.165, 1.54) is 23.5 Å². The summed E-state index contributed by atoms with van der Waals surface area (Å²) in [6.07, 6.45) is 0.931. The van der Waals surface area contributed by atoms with E-state index in [0.29, 0.717) is 17.4 Å². The Balaban J connectivity index is 0.00000304. The molecule has 5 rings (SSSR count). The molecule has 0 radical (unpaired) electrons. The number of ether oxygens (including phenoxy) is 1. The van der Waals surface area contributed by atoms with Crippen molar-refractivity contribution in [2.24, 2.45) is 5.92 Å². The number of hydrogen-bond donors (Lipinski definition) is 0. The number of anilines is 2. The van der Waals surface area contributed by atoms with Gasteiger partial charge in [-0.2, -0.15) is 0 Å². The van der Waals surface area contributed by atoms with Crippen LogP contribution in [0.4, 0.5) is 15.2 Å². The highest BCUT2D eigenvalue weighted by Gasteiger charge is 2.38. The van der Waals surface area contributed by atoms with E-state index >= 15 is 0 Å². The first-order valence-corrected chi connectivity index (χ1v) is 13.3. The van der Waals surface area contributed by atoms with Crippen molar-refractivity contribution in [1.82, 2.24) is 9.88 Å². The van der Waals surface area contributed by atoms with Gasteiger partial charge >= 0.3 is 0 Å². The molecule has 192 valence electrons. The molecule has 2 saturated heterocycles. The number of thiazole rings is 1. The molecule has 2 aliphatic heterocycles. The SMILES string of the molecule is Cl.O=C1CC(C(=O)N(CCCN2CCOCC2)c2nc3ccc(Br)cc3s2)CN1c1ccc(F)cc1. The molecule has 36 heavy (non-hydrogen) atoms. The molecule has 2 aromatic carbocycles. The van der Waals surface area contributed by atoms with Crippen LogP contribution in [0.15, 0.2) is 46.9 Å². The fraction of sp³-hybridized carbons (Fsp3) is 0.400. The predicted octanol–water partition coefficient (Wildman–Crippen LogP) is 4.73. The lowest BCUT2D eigenvalue weighted by Gasteiger charge is -2.28. The zero-order valence-corrected chi connectivity index (χ0v) is 22.8. The Hall–Kier alpha value is -2.11. The molecule has 11 heteroatoms. The molecule has 0 bridgehead atoms. The van der Waals surface area contributed by atoms with Crippen molar-refractivity contribution in [1.29, 1.82) is 0 Å². The lowest BCUT2D eigenvalue weighted by Crippen LogP contribution is -2.41. The zero-order chi connectivity index (χ0) is 24.4. The Morgan fingerprint density at radius 2 is 1.94 bits per heavy atom. The number of rotatable bonds is 7. The van der Waals surface area contributed by atoms with E-state index in [1.54, 1.807) is 21.9 Å². The monoisotopic (exact) mass is 596 g/mol. The van der Waals surface area contributed by atoms with Crippen molar-refractivity contribution >= 4 is 72.5 Å². The third-order valence-electron chi connectivity index (χ3n) is 6.41. The number of halogens is 3. The highest BCUT2D eigenvalue weighted by Crippen LogP contribution is 2.33. The number of carbonyl (C=O) groups is 2. The Morgan fingerprint density at radius 1 is 1.19 bits per heavy atom. The molecular weight excluding hydrogens is 571 g/mol. The largest absolute Gasteiger partial charge is 0.379 e. The van der Waals surface area contributed by atoms with Crippen molar-refractivity contribution < 1.29 is 18.7 Å². The quantitative estimate of drug-likeness (QED) is 0.394. The van der Waals surface area contributed by atoms with E-state index in [9.17, 15) is 14.0 Å². The molecule has 0 saturated carbocycles. The molecular formula is C25H27BrClFN4O3S. The van der Waals surface area contributed by atoms with Gasteiger partial charge in [0, 0.05) is 49.3 Å². The van der Waals surface area contributed by atoms with Crippen LogP contribution >= 0.6 is 39.7 Å². The summed E-state index contributed by atoms with van der Waals surface area (Å²) in [5.74, 6) is -1.06. The summed E-state index contributed by atoms with van der Waals surface area (Å²) in [4.78, 5) is 36.9. The maximum absolute atomic E-state index is 13.8. The maximum Gasteiger partial charge on any atom is 0.234 e. The third-order valence-corrected chi connectivity index (χ3v) is 7.94. The van der Waals surface area contributed by atoms with Crippen LogP contribution in [0.25, 0.3) is 10.2 Å². The van der Waals surface area contributed by atoms with Crippen LogP contribution in [-0.2, 0) is 14.3 Å². The number of nitrogens with zero attached hydrogens (tertiary/aromatic N) is 4. The van der Waals surface area contributed by atoms with E-state index in [4.69, 9.17) is 9.72 Å². The lowest BCUT2D eigenvalue weighted by atomic mass is 10.1. The Morgan fingerprint density at radius 3 is 2.69 bits per heavy atom. The summed E-state index contributed by atoms with van der Waals surface area (Å²) in [6.45, 7) is 4.93. The van der Waals surface area contributed by atoms with Crippen molar-refractivity contribution in [3.05, 3.63) is 52.8 Å². The molecule has 2 amide bonds. The molecule has 7 nitrogen and oxygen atoms in total. The number of morpholine rings is 1. The van der Waals surface area contributed by atoms with Crippen LogP contribution in [0.5, 0.6) is 0 Å². The van der Waals surface area contributed by atoms with E-state index in [1.807, 2.05) is 18.2 Å². The molecule has 2 fully saturated rings. The highest BCUT2D eigenvalue weighted by molar-refractivity contribution is 9.10. The van der Waals surface area contributed by atoms with Gasteiger partial charge in [-0.15, -0.1) is 12.4 Å². The minimum Gasteiger partial charge on any atom is -0.379 e. The van der Waals surface area contributed by atoms with Crippen molar-refractivity contribution in [3.8, 4) is 0 Å². The first-order chi connectivity index (χ1) is 17.0. The van der Waals surface area contributed by atoms with E-state index in [0.717, 1.165) is 54.0 Å². The minimum absolute atomic E-state index is 0. The van der Waals surface area contributed by atoms with Gasteiger partial charge in [-0.3, -0.25) is 19.4 Å². The van der Waals surface area contributed by atoms with Gasteiger partial charge in [-0.1, -0.05) is 27.3 Å². The Labute approximate surface area is 227 Å². The van der Waals surface area contributed by atoms with Gasteiger partial charge in [0.25, 0.3) is 0 Å². The average molecular weight is 598 g/mol. The van der Waals surface area contributed by atoms with Gasteiger partial charge in [0.05, 0.1) is 29.3 Å². The van der Waals surface area contributed by atoms with Gasteiger partial charge in [0.1, 0.15) is 5.82 Å². The van der Waals surface area contributed by atoms with Crippen LogP contribution in [0.2, 0.25) is 0 Å². The fourth-order valence-electron chi connectivity index (χ4n) is 4.54. The highest BCUT2D eigenvalue weighted by atomic mass is 79.9. The van der Waals surface area contributed by atoms with Gasteiger partial charge in [-0.25, -0.2) is 9.37 Å². The minimum atomic E-state index is -0.477. The summed E-state index contributed by atoms with van der Waals surface area (Å²) < 4.78 is 20.7. The van der Waals surface area contributed by atoms with E-state index < -0.39 is 5.92 Å². The van der Waals surface area contributed by atoms with Crippen LogP contribution in [0.3, 0.4) is 0 Å². The molecule has 1 aromatic heterocycles. The normalized spacial score (nSPS) is 18.4. The summed E-state index contributed by atoms with van der Waals surface area (Å²) >= 11 is 4.99. The van der Waals surface area contributed by atoms with Crippen LogP contribution in [-0.4, -0.2) is 67.6 Å².